The molecule has 2 aromatic rings. The number of carbonyl (C=O) groups excluding carboxylic acids is 1. The molecule has 1 saturated heterocycles. The fourth-order valence-corrected chi connectivity index (χ4v) is 5.10. The van der Waals surface area contributed by atoms with Crippen LogP contribution < -0.4 is 5.32 Å². The second kappa shape index (κ2) is 11.4. The third-order valence-corrected chi connectivity index (χ3v) is 6.89. The molecule has 1 aliphatic carbocycles. The van der Waals surface area contributed by atoms with Crippen molar-refractivity contribution in [1.82, 2.24) is 15.1 Å². The molecule has 4 heteroatoms. The molecule has 2 aromatic carbocycles. The summed E-state index contributed by atoms with van der Waals surface area (Å²) < 4.78 is 0. The minimum Gasteiger partial charge on any atom is -0.348 e. The fraction of sp³-hybridized carbons (Fsp3) is 0.519. The number of rotatable bonds is 8. The first-order chi connectivity index (χ1) is 15.3. The van der Waals surface area contributed by atoms with Gasteiger partial charge in [-0.1, -0.05) is 79.9 Å². The second-order valence-corrected chi connectivity index (χ2v) is 9.30. The van der Waals surface area contributed by atoms with Crippen molar-refractivity contribution in [2.75, 3.05) is 39.3 Å². The molecule has 1 saturated carbocycles. The molecule has 4 nitrogen and oxygen atoms in total. The van der Waals surface area contributed by atoms with Crippen molar-refractivity contribution in [3.05, 3.63) is 71.8 Å². The van der Waals surface area contributed by atoms with Gasteiger partial charge in [-0.05, 0) is 36.3 Å². The Morgan fingerprint density at radius 2 is 1.45 bits per heavy atom. The van der Waals surface area contributed by atoms with Crippen molar-refractivity contribution in [3.63, 3.8) is 0 Å². The molecule has 1 aliphatic heterocycles. The van der Waals surface area contributed by atoms with Crippen LogP contribution in [0.5, 0.6) is 0 Å². The lowest BCUT2D eigenvalue weighted by Gasteiger charge is -2.37. The first-order valence-corrected chi connectivity index (χ1v) is 12.1. The lowest BCUT2D eigenvalue weighted by Crippen LogP contribution is -2.50. The first kappa shape index (κ1) is 22.0. The SMILES string of the molecule is O=C(CN1CCN(CC2CCCCC2)CC1)NC(Cc1ccccc1)c1ccccc1. The second-order valence-electron chi connectivity index (χ2n) is 9.30. The monoisotopic (exact) mass is 419 g/mol. The van der Waals surface area contributed by atoms with E-state index in [9.17, 15) is 4.79 Å². The third-order valence-electron chi connectivity index (χ3n) is 6.89. The van der Waals surface area contributed by atoms with Crippen LogP contribution in [0.4, 0.5) is 0 Å². The van der Waals surface area contributed by atoms with Crippen molar-refractivity contribution >= 4 is 5.91 Å². The van der Waals surface area contributed by atoms with Gasteiger partial charge in [0, 0.05) is 32.7 Å². The Hall–Kier alpha value is -2.17. The highest BCUT2D eigenvalue weighted by Crippen LogP contribution is 2.25. The van der Waals surface area contributed by atoms with Gasteiger partial charge in [0.2, 0.25) is 5.91 Å². The van der Waals surface area contributed by atoms with Crippen LogP contribution in [-0.2, 0) is 11.2 Å². The van der Waals surface area contributed by atoms with E-state index < -0.39 is 0 Å². The maximum absolute atomic E-state index is 12.9. The highest BCUT2D eigenvalue weighted by molar-refractivity contribution is 5.78. The summed E-state index contributed by atoms with van der Waals surface area (Å²) in [4.78, 5) is 17.9. The van der Waals surface area contributed by atoms with E-state index in [4.69, 9.17) is 0 Å². The Morgan fingerprint density at radius 1 is 0.839 bits per heavy atom. The van der Waals surface area contributed by atoms with Gasteiger partial charge in [-0.25, -0.2) is 0 Å². The zero-order valence-electron chi connectivity index (χ0n) is 18.7. The van der Waals surface area contributed by atoms with Crippen molar-refractivity contribution in [3.8, 4) is 0 Å². The molecule has 0 bridgehead atoms. The summed E-state index contributed by atoms with van der Waals surface area (Å²) in [6.45, 7) is 5.93. The maximum Gasteiger partial charge on any atom is 0.234 e. The summed E-state index contributed by atoms with van der Waals surface area (Å²) >= 11 is 0. The van der Waals surface area contributed by atoms with E-state index in [1.807, 2.05) is 24.3 Å². The Balaban J connectivity index is 1.27. The number of amides is 1. The van der Waals surface area contributed by atoms with Gasteiger partial charge in [-0.2, -0.15) is 0 Å². The Morgan fingerprint density at radius 3 is 2.13 bits per heavy atom. The molecular formula is C27H37N3O. The molecule has 1 atom stereocenters. The predicted octanol–water partition coefficient (Wildman–Crippen LogP) is 4.28. The number of carbonyl (C=O) groups is 1. The Bertz CT molecular complexity index is 781. The Kier molecular flexibility index (Phi) is 8.14. The summed E-state index contributed by atoms with van der Waals surface area (Å²) in [6, 6.07) is 20.8. The molecule has 1 heterocycles. The number of benzene rings is 2. The van der Waals surface area contributed by atoms with E-state index in [2.05, 4.69) is 51.5 Å². The van der Waals surface area contributed by atoms with Gasteiger partial charge in [0.05, 0.1) is 12.6 Å². The molecule has 1 amide bonds. The minimum atomic E-state index is 0.00342. The van der Waals surface area contributed by atoms with E-state index in [1.54, 1.807) is 0 Å². The quantitative estimate of drug-likeness (QED) is 0.694. The van der Waals surface area contributed by atoms with Gasteiger partial charge in [0.25, 0.3) is 0 Å². The number of hydrogen-bond donors (Lipinski definition) is 1. The van der Waals surface area contributed by atoms with Crippen LogP contribution in [0, 0.1) is 5.92 Å². The standard InChI is InChI=1S/C27H37N3O/c31-27(22-30-18-16-29(17-19-30)21-24-12-6-2-7-13-24)28-26(25-14-8-3-9-15-25)20-23-10-4-1-5-11-23/h1,3-5,8-11,14-15,24,26H,2,6-7,12-13,16-22H2,(H,28,31). The van der Waals surface area contributed by atoms with E-state index in [0.29, 0.717) is 6.54 Å². The molecule has 2 fully saturated rings. The molecule has 1 unspecified atom stereocenters. The average Bonchev–Trinajstić information content (AvgIpc) is 2.82. The highest BCUT2D eigenvalue weighted by Gasteiger charge is 2.23. The lowest BCUT2D eigenvalue weighted by atomic mass is 9.89. The van der Waals surface area contributed by atoms with Crippen molar-refractivity contribution in [1.29, 1.82) is 0 Å². The van der Waals surface area contributed by atoms with Crippen LogP contribution >= 0.6 is 0 Å². The maximum atomic E-state index is 12.9. The lowest BCUT2D eigenvalue weighted by molar-refractivity contribution is -0.123. The molecule has 166 valence electrons. The van der Waals surface area contributed by atoms with Gasteiger partial charge in [0.15, 0.2) is 0 Å². The minimum absolute atomic E-state index is 0.00342. The van der Waals surface area contributed by atoms with Crippen molar-refractivity contribution < 1.29 is 4.79 Å². The van der Waals surface area contributed by atoms with E-state index in [-0.39, 0.29) is 11.9 Å². The first-order valence-electron chi connectivity index (χ1n) is 12.1. The molecule has 31 heavy (non-hydrogen) atoms. The average molecular weight is 420 g/mol. The van der Waals surface area contributed by atoms with Gasteiger partial charge >= 0.3 is 0 Å². The molecule has 4 rings (SSSR count). The van der Waals surface area contributed by atoms with Crippen LogP contribution in [0.2, 0.25) is 0 Å². The van der Waals surface area contributed by atoms with Gasteiger partial charge in [-0.3, -0.25) is 9.69 Å². The highest BCUT2D eigenvalue weighted by atomic mass is 16.2. The third kappa shape index (κ3) is 6.91. The van der Waals surface area contributed by atoms with Crippen LogP contribution in [0.25, 0.3) is 0 Å². The summed E-state index contributed by atoms with van der Waals surface area (Å²) in [7, 11) is 0. The molecule has 0 spiro atoms. The number of hydrogen-bond acceptors (Lipinski definition) is 3. The van der Waals surface area contributed by atoms with E-state index in [1.165, 1.54) is 44.2 Å². The largest absolute Gasteiger partial charge is 0.348 e. The Labute approximate surface area is 187 Å². The van der Waals surface area contributed by atoms with Gasteiger partial charge < -0.3 is 10.2 Å². The summed E-state index contributed by atoms with van der Waals surface area (Å²) in [5, 5.41) is 3.31. The van der Waals surface area contributed by atoms with Crippen LogP contribution in [0.3, 0.4) is 0 Å². The predicted molar refractivity (Wildman–Crippen MR) is 127 cm³/mol. The fourth-order valence-electron chi connectivity index (χ4n) is 5.10. The molecule has 2 aliphatic rings. The smallest absolute Gasteiger partial charge is 0.234 e. The van der Waals surface area contributed by atoms with Crippen LogP contribution in [-0.4, -0.2) is 55.0 Å². The normalized spacial score (nSPS) is 19.7. The number of nitrogens with one attached hydrogen (secondary N) is 1. The van der Waals surface area contributed by atoms with Gasteiger partial charge in [-0.15, -0.1) is 0 Å². The van der Waals surface area contributed by atoms with Crippen molar-refractivity contribution in [2.45, 2.75) is 44.6 Å². The van der Waals surface area contributed by atoms with Crippen LogP contribution in [0.1, 0.15) is 49.3 Å². The van der Waals surface area contributed by atoms with E-state index in [0.717, 1.165) is 44.1 Å². The zero-order chi connectivity index (χ0) is 21.3. The number of piperazine rings is 1. The molecule has 0 aromatic heterocycles. The molecular weight excluding hydrogens is 382 g/mol. The summed E-state index contributed by atoms with van der Waals surface area (Å²) in [5.41, 5.74) is 2.41. The summed E-state index contributed by atoms with van der Waals surface area (Å²) in [5.74, 6) is 1.03. The molecule has 0 radical (unpaired) electrons. The van der Waals surface area contributed by atoms with Crippen molar-refractivity contribution in [2.24, 2.45) is 5.92 Å². The zero-order valence-corrected chi connectivity index (χ0v) is 18.7. The topological polar surface area (TPSA) is 35.6 Å². The van der Waals surface area contributed by atoms with E-state index >= 15 is 0 Å². The summed E-state index contributed by atoms with van der Waals surface area (Å²) in [6.07, 6.45) is 7.88. The van der Waals surface area contributed by atoms with Gasteiger partial charge in [0.1, 0.15) is 0 Å². The molecule has 1 N–H and O–H groups in total. The number of nitrogens with zero attached hydrogens (tertiary/aromatic N) is 2. The van der Waals surface area contributed by atoms with Crippen LogP contribution in [0.15, 0.2) is 60.7 Å².